The molecule has 1 aromatic carbocycles. The van der Waals surface area contributed by atoms with Crippen LogP contribution in [0.2, 0.25) is 0 Å². The van der Waals surface area contributed by atoms with Crippen LogP contribution in [0.25, 0.3) is 0 Å². The average Bonchev–Trinajstić information content (AvgIpc) is 3.24. The number of carbonyl (C=O) groups is 2. The molecule has 2 fully saturated rings. The van der Waals surface area contributed by atoms with E-state index in [2.05, 4.69) is 5.32 Å². The molecule has 1 aromatic heterocycles. The SMILES string of the molecule is CC(C)(C)n1nc(C2CC2)cc1C(=O)NCc1cccc(N2CCOC2=O)c1. The highest BCUT2D eigenvalue weighted by Gasteiger charge is 2.31. The minimum absolute atomic E-state index is 0.139. The Balaban J connectivity index is 1.48. The molecule has 0 unspecified atom stereocenters. The smallest absolute Gasteiger partial charge is 0.414 e. The number of nitrogens with one attached hydrogen (secondary N) is 1. The molecule has 0 atom stereocenters. The highest BCUT2D eigenvalue weighted by Crippen LogP contribution is 2.40. The summed E-state index contributed by atoms with van der Waals surface area (Å²) >= 11 is 0. The Morgan fingerprint density at radius 3 is 2.71 bits per heavy atom. The van der Waals surface area contributed by atoms with Crippen molar-refractivity contribution in [2.24, 2.45) is 0 Å². The van der Waals surface area contributed by atoms with Crippen molar-refractivity contribution < 1.29 is 14.3 Å². The number of carbonyl (C=O) groups excluding carboxylic acids is 2. The fourth-order valence-corrected chi connectivity index (χ4v) is 3.39. The third-order valence-electron chi connectivity index (χ3n) is 5.03. The van der Waals surface area contributed by atoms with Gasteiger partial charge in [0, 0.05) is 18.2 Å². The lowest BCUT2D eigenvalue weighted by Gasteiger charge is -2.22. The highest BCUT2D eigenvalue weighted by atomic mass is 16.6. The molecule has 0 radical (unpaired) electrons. The van der Waals surface area contributed by atoms with Crippen LogP contribution in [-0.2, 0) is 16.8 Å². The Morgan fingerprint density at radius 2 is 2.07 bits per heavy atom. The van der Waals surface area contributed by atoms with Crippen LogP contribution in [0, 0.1) is 0 Å². The first kappa shape index (κ1) is 18.5. The molecular formula is C21H26N4O3. The summed E-state index contributed by atoms with van der Waals surface area (Å²) < 4.78 is 6.82. The van der Waals surface area contributed by atoms with Crippen molar-refractivity contribution in [3.8, 4) is 0 Å². The van der Waals surface area contributed by atoms with E-state index < -0.39 is 0 Å². The molecule has 0 bridgehead atoms. The summed E-state index contributed by atoms with van der Waals surface area (Å²) in [5, 5.41) is 7.69. The predicted octanol–water partition coefficient (Wildman–Crippen LogP) is 3.40. The maximum atomic E-state index is 12.9. The third-order valence-corrected chi connectivity index (χ3v) is 5.03. The van der Waals surface area contributed by atoms with Gasteiger partial charge in [-0.3, -0.25) is 14.4 Å². The van der Waals surface area contributed by atoms with Gasteiger partial charge in [-0.15, -0.1) is 0 Å². The Morgan fingerprint density at radius 1 is 1.29 bits per heavy atom. The zero-order valence-electron chi connectivity index (χ0n) is 16.6. The van der Waals surface area contributed by atoms with Crippen molar-refractivity contribution in [1.29, 1.82) is 0 Å². The second kappa shape index (κ2) is 6.96. The van der Waals surface area contributed by atoms with Crippen molar-refractivity contribution >= 4 is 17.7 Å². The number of hydrogen-bond donors (Lipinski definition) is 1. The molecule has 148 valence electrons. The molecular weight excluding hydrogens is 356 g/mol. The summed E-state index contributed by atoms with van der Waals surface area (Å²) in [4.78, 5) is 26.2. The summed E-state index contributed by atoms with van der Waals surface area (Å²) in [5.74, 6) is 0.354. The minimum Gasteiger partial charge on any atom is -0.447 e. The molecule has 2 aromatic rings. The molecule has 1 aliphatic heterocycles. The van der Waals surface area contributed by atoms with Gasteiger partial charge >= 0.3 is 6.09 Å². The van der Waals surface area contributed by atoms with E-state index in [1.54, 1.807) is 4.90 Å². The molecule has 7 nitrogen and oxygen atoms in total. The van der Waals surface area contributed by atoms with Crippen LogP contribution in [0.15, 0.2) is 30.3 Å². The predicted molar refractivity (Wildman–Crippen MR) is 106 cm³/mol. The van der Waals surface area contributed by atoms with Crippen molar-refractivity contribution in [2.45, 2.75) is 51.6 Å². The van der Waals surface area contributed by atoms with Crippen LogP contribution in [0.4, 0.5) is 10.5 Å². The first-order valence-corrected chi connectivity index (χ1v) is 9.75. The van der Waals surface area contributed by atoms with Crippen molar-refractivity contribution in [3.05, 3.63) is 47.3 Å². The number of hydrogen-bond acceptors (Lipinski definition) is 4. The summed E-state index contributed by atoms with van der Waals surface area (Å²) in [6.45, 7) is 7.47. The summed E-state index contributed by atoms with van der Waals surface area (Å²) in [6.07, 6.45) is 1.96. The van der Waals surface area contributed by atoms with Gasteiger partial charge in [-0.1, -0.05) is 12.1 Å². The number of benzene rings is 1. The molecule has 2 heterocycles. The monoisotopic (exact) mass is 382 g/mol. The highest BCUT2D eigenvalue weighted by molar-refractivity contribution is 5.93. The number of nitrogens with zero attached hydrogens (tertiary/aromatic N) is 3. The molecule has 2 amide bonds. The maximum absolute atomic E-state index is 12.9. The number of amides is 2. The second-order valence-electron chi connectivity index (χ2n) is 8.43. The molecule has 28 heavy (non-hydrogen) atoms. The van der Waals surface area contributed by atoms with Crippen molar-refractivity contribution in [2.75, 3.05) is 18.1 Å². The van der Waals surface area contributed by atoms with E-state index in [4.69, 9.17) is 9.84 Å². The number of rotatable bonds is 5. The number of anilines is 1. The zero-order chi connectivity index (χ0) is 19.9. The van der Waals surface area contributed by atoms with Crippen molar-refractivity contribution in [1.82, 2.24) is 15.1 Å². The van der Waals surface area contributed by atoms with Gasteiger partial charge in [0.2, 0.25) is 0 Å². The summed E-state index contributed by atoms with van der Waals surface area (Å²) in [7, 11) is 0. The van der Waals surface area contributed by atoms with Crippen LogP contribution < -0.4 is 10.2 Å². The van der Waals surface area contributed by atoms with E-state index >= 15 is 0 Å². The fraction of sp³-hybridized carbons (Fsp3) is 0.476. The lowest BCUT2D eigenvalue weighted by molar-refractivity contribution is 0.0932. The first-order chi connectivity index (χ1) is 13.3. The van der Waals surface area contributed by atoms with Crippen LogP contribution in [0.1, 0.15) is 61.3 Å². The van der Waals surface area contributed by atoms with E-state index in [1.165, 1.54) is 0 Å². The Labute approximate surface area is 164 Å². The summed E-state index contributed by atoms with van der Waals surface area (Å²) in [6, 6.07) is 9.52. The molecule has 0 spiro atoms. The molecule has 2 aliphatic rings. The van der Waals surface area contributed by atoms with Crippen LogP contribution in [-0.4, -0.2) is 34.9 Å². The van der Waals surface area contributed by atoms with Gasteiger partial charge in [-0.2, -0.15) is 5.10 Å². The van der Waals surface area contributed by atoms with Gasteiger partial charge < -0.3 is 10.1 Å². The lowest BCUT2D eigenvalue weighted by Crippen LogP contribution is -2.32. The number of aromatic nitrogens is 2. The van der Waals surface area contributed by atoms with Crippen molar-refractivity contribution in [3.63, 3.8) is 0 Å². The lowest BCUT2D eigenvalue weighted by atomic mass is 10.1. The van der Waals surface area contributed by atoms with Gasteiger partial charge in [-0.05, 0) is 57.4 Å². The van der Waals surface area contributed by atoms with Crippen LogP contribution >= 0.6 is 0 Å². The third kappa shape index (κ3) is 3.74. The molecule has 1 saturated carbocycles. The van der Waals surface area contributed by atoms with E-state index in [0.29, 0.717) is 31.3 Å². The van der Waals surface area contributed by atoms with Gasteiger partial charge in [0.05, 0.1) is 17.8 Å². The number of cyclic esters (lactones) is 1. The van der Waals surface area contributed by atoms with E-state index in [0.717, 1.165) is 29.8 Å². The molecule has 4 rings (SSSR count). The molecule has 1 saturated heterocycles. The van der Waals surface area contributed by atoms with E-state index in [1.807, 2.05) is 55.8 Å². The van der Waals surface area contributed by atoms with E-state index in [9.17, 15) is 9.59 Å². The van der Waals surface area contributed by atoms with E-state index in [-0.39, 0.29) is 17.5 Å². The Kier molecular flexibility index (Phi) is 4.61. The molecule has 1 aliphatic carbocycles. The first-order valence-electron chi connectivity index (χ1n) is 9.75. The standard InChI is InChI=1S/C21H26N4O3/c1-21(2,3)25-18(12-17(23-25)15-7-8-15)19(26)22-13-14-5-4-6-16(11-14)24-9-10-28-20(24)27/h4-6,11-12,15H,7-10,13H2,1-3H3,(H,22,26). The summed E-state index contributed by atoms with van der Waals surface area (Å²) in [5.41, 5.74) is 3.04. The van der Waals surface area contributed by atoms with Crippen LogP contribution in [0.3, 0.4) is 0 Å². The zero-order valence-corrected chi connectivity index (χ0v) is 16.6. The van der Waals surface area contributed by atoms with Gasteiger partial charge in [0.15, 0.2) is 0 Å². The van der Waals surface area contributed by atoms with Gasteiger partial charge in [0.1, 0.15) is 12.3 Å². The van der Waals surface area contributed by atoms with Gasteiger partial charge in [0.25, 0.3) is 5.91 Å². The number of ether oxygens (including phenoxy) is 1. The molecule has 1 N–H and O–H groups in total. The molecule has 7 heteroatoms. The quantitative estimate of drug-likeness (QED) is 0.860. The largest absolute Gasteiger partial charge is 0.447 e. The minimum atomic E-state index is -0.331. The topological polar surface area (TPSA) is 76.5 Å². The average molecular weight is 382 g/mol. The second-order valence-corrected chi connectivity index (χ2v) is 8.43. The Bertz CT molecular complexity index is 909. The Hall–Kier alpha value is -2.83. The normalized spacial score (nSPS) is 17.0. The maximum Gasteiger partial charge on any atom is 0.414 e. The van der Waals surface area contributed by atoms with Crippen LogP contribution in [0.5, 0.6) is 0 Å². The fourth-order valence-electron chi connectivity index (χ4n) is 3.39. The van der Waals surface area contributed by atoms with Gasteiger partial charge in [-0.25, -0.2) is 4.79 Å².